The predicted octanol–water partition coefficient (Wildman–Crippen LogP) is 2.66. The van der Waals surface area contributed by atoms with Crippen LogP contribution in [0.2, 0.25) is 0 Å². The molecule has 0 radical (unpaired) electrons. The maximum Gasteiger partial charge on any atom is 0.264 e. The molecule has 3 N–H and O–H groups in total. The molecular formula is C13H12F2N2O2S. The van der Waals surface area contributed by atoms with Crippen LogP contribution in [-0.2, 0) is 10.0 Å². The number of sulfonamides is 1. The lowest BCUT2D eigenvalue weighted by molar-refractivity contribution is 0.555. The number of nitrogen functional groups attached to an aromatic ring is 1. The minimum atomic E-state index is -4.25. The van der Waals surface area contributed by atoms with Crippen LogP contribution >= 0.6 is 0 Å². The standard InChI is InChI=1S/C13H12F2N2O2S/c1-8-2-5-12(11(16)6-8)17-20(18,19)13-7-9(14)3-4-10(13)15/h2-7,17H,16H2,1H3. The number of rotatable bonds is 3. The normalized spacial score (nSPS) is 11.3. The number of halogens is 2. The summed E-state index contributed by atoms with van der Waals surface area (Å²) in [5, 5.41) is 0. The van der Waals surface area contributed by atoms with Crippen molar-refractivity contribution in [1.82, 2.24) is 0 Å². The van der Waals surface area contributed by atoms with E-state index in [0.717, 1.165) is 17.7 Å². The van der Waals surface area contributed by atoms with Crippen molar-refractivity contribution in [3.63, 3.8) is 0 Å². The molecule has 2 aromatic carbocycles. The van der Waals surface area contributed by atoms with Crippen LogP contribution in [0, 0.1) is 18.6 Å². The van der Waals surface area contributed by atoms with Crippen molar-refractivity contribution in [3.8, 4) is 0 Å². The van der Waals surface area contributed by atoms with Gasteiger partial charge in [0.25, 0.3) is 10.0 Å². The van der Waals surface area contributed by atoms with Gasteiger partial charge in [0.15, 0.2) is 0 Å². The SMILES string of the molecule is Cc1ccc(NS(=O)(=O)c2cc(F)ccc2F)c(N)c1. The number of benzene rings is 2. The van der Waals surface area contributed by atoms with Crippen LogP contribution in [0.25, 0.3) is 0 Å². The summed E-state index contributed by atoms with van der Waals surface area (Å²) in [6.07, 6.45) is 0. The van der Waals surface area contributed by atoms with Gasteiger partial charge in [0.1, 0.15) is 16.5 Å². The molecule has 0 spiro atoms. The van der Waals surface area contributed by atoms with Crippen LogP contribution in [0.15, 0.2) is 41.3 Å². The molecular weight excluding hydrogens is 286 g/mol. The number of anilines is 2. The number of hydrogen-bond acceptors (Lipinski definition) is 3. The van der Waals surface area contributed by atoms with E-state index in [-0.39, 0.29) is 11.4 Å². The molecule has 0 saturated heterocycles. The maximum absolute atomic E-state index is 13.5. The van der Waals surface area contributed by atoms with Crippen molar-refractivity contribution < 1.29 is 17.2 Å². The first kappa shape index (κ1) is 14.3. The zero-order valence-corrected chi connectivity index (χ0v) is 11.3. The summed E-state index contributed by atoms with van der Waals surface area (Å²) in [6, 6.07) is 6.88. The molecule has 0 unspecified atom stereocenters. The lowest BCUT2D eigenvalue weighted by Crippen LogP contribution is -2.16. The Morgan fingerprint density at radius 3 is 2.45 bits per heavy atom. The Morgan fingerprint density at radius 2 is 1.80 bits per heavy atom. The Balaban J connectivity index is 2.43. The van der Waals surface area contributed by atoms with Gasteiger partial charge in [-0.25, -0.2) is 17.2 Å². The topological polar surface area (TPSA) is 72.2 Å². The molecule has 0 aromatic heterocycles. The zero-order valence-electron chi connectivity index (χ0n) is 10.5. The summed E-state index contributed by atoms with van der Waals surface area (Å²) >= 11 is 0. The molecule has 20 heavy (non-hydrogen) atoms. The van der Waals surface area contributed by atoms with Gasteiger partial charge in [-0.1, -0.05) is 6.07 Å². The van der Waals surface area contributed by atoms with Gasteiger partial charge in [-0.2, -0.15) is 0 Å². The summed E-state index contributed by atoms with van der Waals surface area (Å²) in [6.45, 7) is 1.79. The van der Waals surface area contributed by atoms with E-state index >= 15 is 0 Å². The van der Waals surface area contributed by atoms with Gasteiger partial charge in [0, 0.05) is 0 Å². The first-order valence-electron chi connectivity index (χ1n) is 5.63. The van der Waals surface area contributed by atoms with Crippen molar-refractivity contribution in [2.45, 2.75) is 11.8 Å². The third-order valence-corrected chi connectivity index (χ3v) is 4.01. The van der Waals surface area contributed by atoms with Crippen LogP contribution in [0.3, 0.4) is 0 Å². The monoisotopic (exact) mass is 298 g/mol. The molecule has 4 nitrogen and oxygen atoms in total. The largest absolute Gasteiger partial charge is 0.397 e. The molecule has 2 rings (SSSR count). The smallest absolute Gasteiger partial charge is 0.264 e. The number of nitrogens with two attached hydrogens (primary N) is 1. The van der Waals surface area contributed by atoms with Crippen molar-refractivity contribution >= 4 is 21.4 Å². The fourth-order valence-corrected chi connectivity index (χ4v) is 2.84. The van der Waals surface area contributed by atoms with Crippen molar-refractivity contribution in [3.05, 3.63) is 53.6 Å². The van der Waals surface area contributed by atoms with Crippen LogP contribution in [0.1, 0.15) is 5.56 Å². The predicted molar refractivity (Wildman–Crippen MR) is 72.8 cm³/mol. The highest BCUT2D eigenvalue weighted by Crippen LogP contribution is 2.24. The second kappa shape index (κ2) is 5.09. The zero-order chi connectivity index (χ0) is 14.9. The highest BCUT2D eigenvalue weighted by atomic mass is 32.2. The van der Waals surface area contributed by atoms with Gasteiger partial charge < -0.3 is 5.73 Å². The average molecular weight is 298 g/mol. The van der Waals surface area contributed by atoms with E-state index in [4.69, 9.17) is 5.73 Å². The molecule has 0 amide bonds. The van der Waals surface area contributed by atoms with Crippen LogP contribution in [0.5, 0.6) is 0 Å². The fourth-order valence-electron chi connectivity index (χ4n) is 1.66. The molecule has 2 aromatic rings. The van der Waals surface area contributed by atoms with Crippen molar-refractivity contribution in [2.24, 2.45) is 0 Å². The van der Waals surface area contributed by atoms with Gasteiger partial charge in [-0.05, 0) is 42.8 Å². The van der Waals surface area contributed by atoms with Gasteiger partial charge in [-0.3, -0.25) is 4.72 Å². The van der Waals surface area contributed by atoms with Crippen LogP contribution < -0.4 is 10.5 Å². The number of aryl methyl sites for hydroxylation is 1. The molecule has 0 aliphatic rings. The molecule has 7 heteroatoms. The molecule has 0 fully saturated rings. The van der Waals surface area contributed by atoms with Gasteiger partial charge in [0.2, 0.25) is 0 Å². The van der Waals surface area contributed by atoms with Crippen LogP contribution in [0.4, 0.5) is 20.2 Å². The Hall–Kier alpha value is -2.15. The average Bonchev–Trinajstić information content (AvgIpc) is 2.35. The van der Waals surface area contributed by atoms with E-state index in [1.54, 1.807) is 19.1 Å². The van der Waals surface area contributed by atoms with E-state index in [0.29, 0.717) is 6.07 Å². The van der Waals surface area contributed by atoms with E-state index in [9.17, 15) is 17.2 Å². The first-order chi connectivity index (χ1) is 9.29. The van der Waals surface area contributed by atoms with Crippen LogP contribution in [-0.4, -0.2) is 8.42 Å². The Kier molecular flexibility index (Phi) is 3.63. The number of nitrogens with one attached hydrogen (secondary N) is 1. The number of hydrogen-bond donors (Lipinski definition) is 2. The molecule has 0 aliphatic heterocycles. The van der Waals surface area contributed by atoms with Crippen molar-refractivity contribution in [1.29, 1.82) is 0 Å². The summed E-state index contributed by atoms with van der Waals surface area (Å²) in [7, 11) is -4.25. The lowest BCUT2D eigenvalue weighted by Gasteiger charge is -2.11. The van der Waals surface area contributed by atoms with E-state index < -0.39 is 26.6 Å². The summed E-state index contributed by atoms with van der Waals surface area (Å²) in [4.78, 5) is -0.766. The third kappa shape index (κ3) is 2.88. The first-order valence-corrected chi connectivity index (χ1v) is 7.12. The minimum absolute atomic E-state index is 0.110. The quantitative estimate of drug-likeness (QED) is 0.856. The molecule has 0 heterocycles. The van der Waals surface area contributed by atoms with Gasteiger partial charge >= 0.3 is 0 Å². The Labute approximate surface area is 115 Å². The Morgan fingerprint density at radius 1 is 1.10 bits per heavy atom. The fraction of sp³-hybridized carbons (Fsp3) is 0.0769. The highest BCUT2D eigenvalue weighted by Gasteiger charge is 2.20. The third-order valence-electron chi connectivity index (χ3n) is 2.63. The molecule has 0 atom stereocenters. The molecule has 106 valence electrons. The molecule has 0 saturated carbocycles. The highest BCUT2D eigenvalue weighted by molar-refractivity contribution is 7.92. The maximum atomic E-state index is 13.5. The second-order valence-corrected chi connectivity index (χ2v) is 5.92. The van der Waals surface area contributed by atoms with E-state index in [1.165, 1.54) is 6.07 Å². The molecule has 0 aliphatic carbocycles. The van der Waals surface area contributed by atoms with Gasteiger partial charge in [0.05, 0.1) is 11.4 Å². The van der Waals surface area contributed by atoms with E-state index in [2.05, 4.69) is 4.72 Å². The summed E-state index contributed by atoms with van der Waals surface area (Å²) in [5.74, 6) is -1.88. The summed E-state index contributed by atoms with van der Waals surface area (Å²) < 4.78 is 52.8. The summed E-state index contributed by atoms with van der Waals surface area (Å²) in [5.41, 5.74) is 6.84. The molecule has 0 bridgehead atoms. The van der Waals surface area contributed by atoms with Crippen molar-refractivity contribution in [2.75, 3.05) is 10.5 Å². The lowest BCUT2D eigenvalue weighted by atomic mass is 10.2. The van der Waals surface area contributed by atoms with Gasteiger partial charge in [-0.15, -0.1) is 0 Å². The Bertz CT molecular complexity index is 761. The second-order valence-electron chi connectivity index (χ2n) is 4.27. The van der Waals surface area contributed by atoms with E-state index in [1.807, 2.05) is 0 Å². The minimum Gasteiger partial charge on any atom is -0.397 e.